The summed E-state index contributed by atoms with van der Waals surface area (Å²) in [7, 11) is 0. The summed E-state index contributed by atoms with van der Waals surface area (Å²) < 4.78 is 0. The van der Waals surface area contributed by atoms with Crippen molar-refractivity contribution in [3.05, 3.63) is 77.9 Å². The van der Waals surface area contributed by atoms with Crippen molar-refractivity contribution in [3.63, 3.8) is 0 Å². The predicted molar refractivity (Wildman–Crippen MR) is 115 cm³/mol. The molecule has 2 aromatic rings. The number of anilines is 1. The van der Waals surface area contributed by atoms with E-state index in [1.54, 1.807) is 0 Å². The first-order valence-electron chi connectivity index (χ1n) is 9.90. The number of aryl methyl sites for hydroxylation is 1. The Kier molecular flexibility index (Phi) is 7.34. The molecule has 3 rings (SSSR count). The van der Waals surface area contributed by atoms with Gasteiger partial charge < -0.3 is 15.5 Å². The molecule has 4 heteroatoms. The minimum Gasteiger partial charge on any atom is -0.364 e. The lowest BCUT2D eigenvalue weighted by Crippen LogP contribution is -2.37. The van der Waals surface area contributed by atoms with E-state index < -0.39 is 0 Å². The lowest BCUT2D eigenvalue weighted by molar-refractivity contribution is 0.744. The minimum absolute atomic E-state index is 0.687. The molecule has 0 aromatic heterocycles. The van der Waals surface area contributed by atoms with E-state index >= 15 is 0 Å². The van der Waals surface area contributed by atoms with Crippen LogP contribution in [0.15, 0.2) is 71.7 Å². The zero-order chi connectivity index (χ0) is 18.7. The zero-order valence-corrected chi connectivity index (χ0v) is 16.2. The van der Waals surface area contributed by atoms with Crippen molar-refractivity contribution in [2.24, 2.45) is 4.99 Å². The van der Waals surface area contributed by atoms with Crippen LogP contribution < -0.4 is 15.5 Å². The van der Waals surface area contributed by atoms with Crippen LogP contribution in [0.4, 0.5) is 5.69 Å². The van der Waals surface area contributed by atoms with E-state index in [0.717, 1.165) is 45.0 Å². The van der Waals surface area contributed by atoms with Gasteiger partial charge in [-0.25, -0.2) is 4.99 Å². The van der Waals surface area contributed by atoms with Gasteiger partial charge in [-0.2, -0.15) is 0 Å². The summed E-state index contributed by atoms with van der Waals surface area (Å²) in [5.74, 6) is 0.887. The van der Waals surface area contributed by atoms with Gasteiger partial charge in [0.1, 0.15) is 0 Å². The SMILES string of the molecule is CCNC(=NCc1ccc(N2CC=CC2)cc1)NCCCc1ccccc1. The fourth-order valence-electron chi connectivity index (χ4n) is 3.16. The number of hydrogen-bond acceptors (Lipinski definition) is 2. The van der Waals surface area contributed by atoms with E-state index in [2.05, 4.69) is 89.2 Å². The minimum atomic E-state index is 0.687. The molecule has 0 amide bonds. The van der Waals surface area contributed by atoms with Gasteiger partial charge in [-0.3, -0.25) is 0 Å². The number of rotatable bonds is 8. The normalized spacial score (nSPS) is 13.8. The molecular weight excluding hydrogens is 332 g/mol. The molecule has 0 aliphatic carbocycles. The van der Waals surface area contributed by atoms with Crippen molar-refractivity contribution in [1.82, 2.24) is 10.6 Å². The van der Waals surface area contributed by atoms with Crippen molar-refractivity contribution >= 4 is 11.6 Å². The Bertz CT molecular complexity index is 727. The number of guanidine groups is 1. The highest BCUT2D eigenvalue weighted by molar-refractivity contribution is 5.79. The lowest BCUT2D eigenvalue weighted by atomic mass is 10.1. The van der Waals surface area contributed by atoms with Crippen LogP contribution in [0.5, 0.6) is 0 Å². The molecule has 2 N–H and O–H groups in total. The average molecular weight is 363 g/mol. The van der Waals surface area contributed by atoms with Gasteiger partial charge in [-0.15, -0.1) is 0 Å². The molecule has 0 atom stereocenters. The smallest absolute Gasteiger partial charge is 0.191 e. The Labute approximate surface area is 163 Å². The van der Waals surface area contributed by atoms with E-state index in [1.165, 1.54) is 16.8 Å². The van der Waals surface area contributed by atoms with Gasteiger partial charge in [0.05, 0.1) is 6.54 Å². The van der Waals surface area contributed by atoms with Crippen molar-refractivity contribution in [2.45, 2.75) is 26.3 Å². The first kappa shape index (κ1) is 19.0. The summed E-state index contributed by atoms with van der Waals surface area (Å²) in [5, 5.41) is 6.77. The fraction of sp³-hybridized carbons (Fsp3) is 0.348. The van der Waals surface area contributed by atoms with Crippen LogP contribution in [0.1, 0.15) is 24.5 Å². The summed E-state index contributed by atoms with van der Waals surface area (Å²) in [4.78, 5) is 7.08. The summed E-state index contributed by atoms with van der Waals surface area (Å²) >= 11 is 0. The lowest BCUT2D eigenvalue weighted by Gasteiger charge is -2.17. The highest BCUT2D eigenvalue weighted by Crippen LogP contribution is 2.17. The third kappa shape index (κ3) is 6.17. The Morgan fingerprint density at radius 3 is 2.37 bits per heavy atom. The molecule has 1 aliphatic rings. The first-order valence-corrected chi connectivity index (χ1v) is 9.90. The molecule has 0 unspecified atom stereocenters. The molecule has 0 radical (unpaired) electrons. The predicted octanol–water partition coefficient (Wildman–Crippen LogP) is 3.75. The zero-order valence-electron chi connectivity index (χ0n) is 16.2. The molecule has 142 valence electrons. The molecule has 0 saturated heterocycles. The quantitative estimate of drug-likeness (QED) is 0.325. The van der Waals surface area contributed by atoms with E-state index in [9.17, 15) is 0 Å². The standard InChI is InChI=1S/C23H30N4/c1-2-24-23(25-16-8-11-20-9-4-3-5-10-20)26-19-21-12-14-22(15-13-21)27-17-6-7-18-27/h3-7,9-10,12-15H,2,8,11,16-19H2,1H3,(H2,24,25,26). The Hall–Kier alpha value is -2.75. The first-order chi connectivity index (χ1) is 13.3. The van der Waals surface area contributed by atoms with Gasteiger partial charge in [0.25, 0.3) is 0 Å². The summed E-state index contributed by atoms with van der Waals surface area (Å²) in [5.41, 5.74) is 3.89. The number of nitrogens with zero attached hydrogens (tertiary/aromatic N) is 2. The van der Waals surface area contributed by atoms with Crippen molar-refractivity contribution in [1.29, 1.82) is 0 Å². The second kappa shape index (κ2) is 10.4. The summed E-state index contributed by atoms with van der Waals surface area (Å²) in [6, 6.07) is 19.4. The van der Waals surface area contributed by atoms with Crippen LogP contribution in [0.25, 0.3) is 0 Å². The molecule has 27 heavy (non-hydrogen) atoms. The molecule has 1 heterocycles. The van der Waals surface area contributed by atoms with Crippen molar-refractivity contribution in [2.75, 3.05) is 31.1 Å². The van der Waals surface area contributed by atoms with Crippen molar-refractivity contribution in [3.8, 4) is 0 Å². The van der Waals surface area contributed by atoms with Crippen LogP contribution >= 0.6 is 0 Å². The Balaban J connectivity index is 1.46. The van der Waals surface area contributed by atoms with Gasteiger partial charge in [0.15, 0.2) is 5.96 Å². The topological polar surface area (TPSA) is 39.7 Å². The number of nitrogens with one attached hydrogen (secondary N) is 2. The van der Waals surface area contributed by atoms with Crippen LogP contribution in [0, 0.1) is 0 Å². The second-order valence-electron chi connectivity index (χ2n) is 6.75. The molecule has 1 aliphatic heterocycles. The fourth-order valence-corrected chi connectivity index (χ4v) is 3.16. The molecule has 4 nitrogen and oxygen atoms in total. The van der Waals surface area contributed by atoms with E-state index in [1.807, 2.05) is 0 Å². The molecular formula is C23H30N4. The van der Waals surface area contributed by atoms with Crippen LogP contribution in [-0.2, 0) is 13.0 Å². The van der Waals surface area contributed by atoms with Gasteiger partial charge in [0.2, 0.25) is 0 Å². The highest BCUT2D eigenvalue weighted by atomic mass is 15.2. The second-order valence-corrected chi connectivity index (χ2v) is 6.75. The summed E-state index contributed by atoms with van der Waals surface area (Å²) in [6.07, 6.45) is 6.60. The molecule has 0 fully saturated rings. The molecule has 0 bridgehead atoms. The monoisotopic (exact) mass is 362 g/mol. The number of aliphatic imine (C=N–C) groups is 1. The largest absolute Gasteiger partial charge is 0.364 e. The maximum absolute atomic E-state index is 4.72. The maximum Gasteiger partial charge on any atom is 0.191 e. The van der Waals surface area contributed by atoms with E-state index in [4.69, 9.17) is 4.99 Å². The van der Waals surface area contributed by atoms with E-state index in [-0.39, 0.29) is 0 Å². The third-order valence-corrected chi connectivity index (χ3v) is 4.66. The molecule has 0 spiro atoms. The molecule has 2 aromatic carbocycles. The Morgan fingerprint density at radius 2 is 1.67 bits per heavy atom. The number of benzene rings is 2. The van der Waals surface area contributed by atoms with Crippen LogP contribution in [0.2, 0.25) is 0 Å². The van der Waals surface area contributed by atoms with Crippen molar-refractivity contribution < 1.29 is 0 Å². The maximum atomic E-state index is 4.72. The number of hydrogen-bond donors (Lipinski definition) is 2. The Morgan fingerprint density at radius 1 is 0.926 bits per heavy atom. The summed E-state index contributed by atoms with van der Waals surface area (Å²) in [6.45, 7) is 6.59. The van der Waals surface area contributed by atoms with Crippen LogP contribution in [0.3, 0.4) is 0 Å². The average Bonchev–Trinajstić information content (AvgIpc) is 3.25. The van der Waals surface area contributed by atoms with Crippen LogP contribution in [-0.4, -0.2) is 32.1 Å². The third-order valence-electron chi connectivity index (χ3n) is 4.66. The molecule has 0 saturated carbocycles. The van der Waals surface area contributed by atoms with E-state index in [0.29, 0.717) is 6.54 Å². The van der Waals surface area contributed by atoms with Gasteiger partial charge >= 0.3 is 0 Å². The van der Waals surface area contributed by atoms with Gasteiger partial charge in [-0.1, -0.05) is 54.6 Å². The van der Waals surface area contributed by atoms with Gasteiger partial charge in [-0.05, 0) is 43.0 Å². The van der Waals surface area contributed by atoms with Gasteiger partial charge in [0, 0.05) is 31.9 Å². The highest BCUT2D eigenvalue weighted by Gasteiger charge is 2.07.